The molecule has 0 amide bonds. The molecule has 54 valence electrons. The highest BCUT2D eigenvalue weighted by Crippen LogP contribution is 2.15. The normalized spacial score (nSPS) is 14.3. The molecule has 0 aromatic rings. The van der Waals surface area contributed by atoms with E-state index in [1.165, 1.54) is 12.8 Å². The van der Waals surface area contributed by atoms with Gasteiger partial charge in [-0.1, -0.05) is 47.0 Å². The standard InChI is InChI=1S/C9H18/c1-5-6-7-9(4)8(2)3/h8-9H,1-2,5-7H2,3-4H3. The van der Waals surface area contributed by atoms with Gasteiger partial charge in [0, 0.05) is 0 Å². The summed E-state index contributed by atoms with van der Waals surface area (Å²) in [5.74, 6) is 1.36. The van der Waals surface area contributed by atoms with E-state index in [4.69, 9.17) is 0 Å². The van der Waals surface area contributed by atoms with Crippen LogP contribution in [0.15, 0.2) is 0 Å². The molecule has 9 heavy (non-hydrogen) atoms. The van der Waals surface area contributed by atoms with Gasteiger partial charge in [-0.3, -0.25) is 0 Å². The van der Waals surface area contributed by atoms with Crippen molar-refractivity contribution in [2.24, 2.45) is 11.8 Å². The first-order valence-electron chi connectivity index (χ1n) is 3.80. The lowest BCUT2D eigenvalue weighted by Gasteiger charge is -2.13. The minimum Gasteiger partial charge on any atom is -0.0623 e. The van der Waals surface area contributed by atoms with Crippen molar-refractivity contribution in [3.63, 3.8) is 0 Å². The number of unbranched alkanes of at least 4 members (excludes halogenated alkanes) is 1. The van der Waals surface area contributed by atoms with E-state index in [0.717, 1.165) is 12.3 Å². The molecule has 0 saturated heterocycles. The molecule has 0 fully saturated rings. The predicted octanol–water partition coefficient (Wildman–Crippen LogP) is 3.10. The van der Waals surface area contributed by atoms with Crippen molar-refractivity contribution in [1.29, 1.82) is 0 Å². The summed E-state index contributed by atoms with van der Waals surface area (Å²) < 4.78 is 0. The molecule has 0 rings (SSSR count). The highest BCUT2D eigenvalue weighted by Gasteiger charge is 2.04. The number of hydrogen-bond acceptors (Lipinski definition) is 0. The van der Waals surface area contributed by atoms with Crippen LogP contribution in [0.2, 0.25) is 0 Å². The lowest BCUT2D eigenvalue weighted by atomic mass is 9.93. The lowest BCUT2D eigenvalue weighted by molar-refractivity contribution is 0.414. The molecule has 0 aliphatic rings. The zero-order chi connectivity index (χ0) is 7.28. The molecule has 0 saturated carbocycles. The van der Waals surface area contributed by atoms with Gasteiger partial charge in [-0.2, -0.15) is 0 Å². The molecule has 0 N–H and O–H groups in total. The Bertz CT molecular complexity index is 55.1. The second-order valence-corrected chi connectivity index (χ2v) is 2.95. The molecule has 0 nitrogen and oxygen atoms in total. The van der Waals surface area contributed by atoms with Crippen LogP contribution >= 0.6 is 0 Å². The maximum Gasteiger partial charge on any atom is -0.0417 e. The first kappa shape index (κ1) is 9.00. The van der Waals surface area contributed by atoms with Crippen molar-refractivity contribution in [3.05, 3.63) is 13.8 Å². The maximum absolute atomic E-state index is 3.97. The Hall–Kier alpha value is 0. The first-order valence-corrected chi connectivity index (χ1v) is 3.80. The average Bonchev–Trinajstić information content (AvgIpc) is 1.82. The first-order chi connectivity index (χ1) is 4.18. The largest absolute Gasteiger partial charge is 0.0623 e. The van der Waals surface area contributed by atoms with E-state index in [9.17, 15) is 0 Å². The molecule has 0 aromatic carbocycles. The Morgan fingerprint density at radius 1 is 1.33 bits per heavy atom. The van der Waals surface area contributed by atoms with Crippen LogP contribution in [0, 0.1) is 25.7 Å². The van der Waals surface area contributed by atoms with Gasteiger partial charge in [0.25, 0.3) is 0 Å². The second kappa shape index (κ2) is 4.84. The van der Waals surface area contributed by atoms with Crippen LogP contribution in [0.25, 0.3) is 0 Å². The van der Waals surface area contributed by atoms with Crippen molar-refractivity contribution in [3.8, 4) is 0 Å². The summed E-state index contributed by atoms with van der Waals surface area (Å²) >= 11 is 0. The Labute approximate surface area is 59.7 Å². The minimum absolute atomic E-state index is 0.594. The third-order valence-electron chi connectivity index (χ3n) is 1.88. The Morgan fingerprint density at radius 3 is 2.22 bits per heavy atom. The molecule has 0 aliphatic heterocycles. The smallest absolute Gasteiger partial charge is 0.0417 e. The monoisotopic (exact) mass is 126 g/mol. The maximum atomic E-state index is 3.97. The molecule has 2 radical (unpaired) electrons. The van der Waals surface area contributed by atoms with E-state index < -0.39 is 0 Å². The van der Waals surface area contributed by atoms with Gasteiger partial charge in [0.15, 0.2) is 0 Å². The van der Waals surface area contributed by atoms with Gasteiger partial charge in [0.2, 0.25) is 0 Å². The van der Waals surface area contributed by atoms with Gasteiger partial charge in [-0.25, -0.2) is 0 Å². The summed E-state index contributed by atoms with van der Waals surface area (Å²) in [6.45, 7) is 12.2. The zero-order valence-electron chi connectivity index (χ0n) is 6.69. The quantitative estimate of drug-likeness (QED) is 0.543. The summed E-state index contributed by atoms with van der Waals surface area (Å²) in [5, 5.41) is 0. The molecule has 0 spiro atoms. The van der Waals surface area contributed by atoms with E-state index in [2.05, 4.69) is 27.7 Å². The molecule has 0 heteroatoms. The van der Waals surface area contributed by atoms with Crippen LogP contribution in [0.5, 0.6) is 0 Å². The Balaban J connectivity index is 3.16. The van der Waals surface area contributed by atoms with E-state index in [1.807, 2.05) is 0 Å². The van der Waals surface area contributed by atoms with E-state index in [0.29, 0.717) is 5.92 Å². The highest BCUT2D eigenvalue weighted by molar-refractivity contribution is 4.63. The molecule has 0 heterocycles. The van der Waals surface area contributed by atoms with Crippen LogP contribution in [-0.4, -0.2) is 0 Å². The van der Waals surface area contributed by atoms with Crippen molar-refractivity contribution >= 4 is 0 Å². The van der Waals surface area contributed by atoms with Gasteiger partial charge >= 0.3 is 0 Å². The van der Waals surface area contributed by atoms with E-state index in [-0.39, 0.29) is 0 Å². The van der Waals surface area contributed by atoms with Gasteiger partial charge in [0.05, 0.1) is 0 Å². The molecule has 0 bridgehead atoms. The van der Waals surface area contributed by atoms with E-state index >= 15 is 0 Å². The molecule has 2 atom stereocenters. The topological polar surface area (TPSA) is 0 Å². The summed E-state index contributed by atoms with van der Waals surface area (Å²) in [4.78, 5) is 0. The molecule has 0 aromatic heterocycles. The average molecular weight is 126 g/mol. The SMILES string of the molecule is [CH2]CCCC(C)C([CH2])C. The van der Waals surface area contributed by atoms with Gasteiger partial charge in [0.1, 0.15) is 0 Å². The fourth-order valence-corrected chi connectivity index (χ4v) is 0.751. The van der Waals surface area contributed by atoms with Gasteiger partial charge in [-0.05, 0) is 11.8 Å². The lowest BCUT2D eigenvalue weighted by Crippen LogP contribution is -2.03. The van der Waals surface area contributed by atoms with Crippen molar-refractivity contribution in [2.75, 3.05) is 0 Å². The fourth-order valence-electron chi connectivity index (χ4n) is 0.751. The third kappa shape index (κ3) is 4.50. The van der Waals surface area contributed by atoms with Crippen LogP contribution in [0.1, 0.15) is 33.1 Å². The highest BCUT2D eigenvalue weighted by atomic mass is 14.1. The van der Waals surface area contributed by atoms with Crippen LogP contribution < -0.4 is 0 Å². The van der Waals surface area contributed by atoms with Crippen molar-refractivity contribution < 1.29 is 0 Å². The third-order valence-corrected chi connectivity index (χ3v) is 1.88. The summed E-state index contributed by atoms with van der Waals surface area (Å²) in [6, 6.07) is 0. The molecular formula is C9H18. The Kier molecular flexibility index (Phi) is 4.84. The second-order valence-electron chi connectivity index (χ2n) is 2.95. The summed E-state index contributed by atoms with van der Waals surface area (Å²) in [5.41, 5.74) is 0. The van der Waals surface area contributed by atoms with Crippen LogP contribution in [0.4, 0.5) is 0 Å². The van der Waals surface area contributed by atoms with Gasteiger partial charge < -0.3 is 0 Å². The number of rotatable bonds is 4. The molecule has 2 unspecified atom stereocenters. The van der Waals surface area contributed by atoms with Crippen LogP contribution in [-0.2, 0) is 0 Å². The Morgan fingerprint density at radius 2 is 1.89 bits per heavy atom. The van der Waals surface area contributed by atoms with Gasteiger partial charge in [-0.15, -0.1) is 0 Å². The number of hydrogen-bond donors (Lipinski definition) is 0. The summed E-state index contributed by atoms with van der Waals surface area (Å²) in [7, 11) is 0. The minimum atomic E-state index is 0.594. The van der Waals surface area contributed by atoms with Crippen LogP contribution in [0.3, 0.4) is 0 Å². The molecule has 0 aliphatic carbocycles. The van der Waals surface area contributed by atoms with Crippen molar-refractivity contribution in [1.82, 2.24) is 0 Å². The summed E-state index contributed by atoms with van der Waals surface area (Å²) in [6.07, 6.45) is 3.60. The zero-order valence-corrected chi connectivity index (χ0v) is 6.69. The molecular weight excluding hydrogens is 108 g/mol. The fraction of sp³-hybridized carbons (Fsp3) is 0.778. The van der Waals surface area contributed by atoms with E-state index in [1.54, 1.807) is 0 Å². The van der Waals surface area contributed by atoms with Crippen molar-refractivity contribution in [2.45, 2.75) is 33.1 Å². The predicted molar refractivity (Wildman–Crippen MR) is 42.9 cm³/mol.